The van der Waals surface area contributed by atoms with Crippen LogP contribution in [0.5, 0.6) is 0 Å². The number of benzene rings is 1. The van der Waals surface area contributed by atoms with E-state index in [1.54, 1.807) is 0 Å². The number of nitrogens with two attached hydrogens (primary N) is 1. The number of carbonyl (C=O) groups excluding carboxylic acids is 2. The first-order chi connectivity index (χ1) is 10.2. The number of carbonyl (C=O) groups is 2. The molecule has 0 radical (unpaired) electrons. The topological polar surface area (TPSA) is 101 Å². The Morgan fingerprint density at radius 3 is 2.32 bits per heavy atom. The quantitative estimate of drug-likeness (QED) is 0.843. The number of amides is 2. The zero-order valence-electron chi connectivity index (χ0n) is 12.5. The zero-order valence-corrected chi connectivity index (χ0v) is 13.3. The predicted octanol–water partition coefficient (Wildman–Crippen LogP) is 0.0268. The second kappa shape index (κ2) is 6.05. The van der Waals surface area contributed by atoms with E-state index in [0.29, 0.717) is 18.5 Å². The Morgan fingerprint density at radius 2 is 1.82 bits per heavy atom. The summed E-state index contributed by atoms with van der Waals surface area (Å²) in [6.45, 7) is 0.476. The number of hydrogen-bond acceptors (Lipinski definition) is 4. The van der Waals surface area contributed by atoms with Crippen molar-refractivity contribution < 1.29 is 18.0 Å². The normalized spacial score (nSPS) is 18.7. The van der Waals surface area contributed by atoms with E-state index in [4.69, 9.17) is 5.73 Å². The van der Waals surface area contributed by atoms with E-state index in [0.717, 1.165) is 10.7 Å². The number of rotatable bonds is 4. The Hall–Kier alpha value is -1.93. The number of nitrogens with zero attached hydrogens (tertiary/aromatic N) is 2. The van der Waals surface area contributed by atoms with Crippen molar-refractivity contribution in [1.82, 2.24) is 9.21 Å². The number of likely N-dealkylation sites (tertiary alicyclic amines) is 1. The maximum absolute atomic E-state index is 12.4. The molecule has 2 amide bonds. The molecule has 0 aliphatic carbocycles. The molecular formula is C14H19N3O4S. The highest BCUT2D eigenvalue weighted by molar-refractivity contribution is 7.89. The van der Waals surface area contributed by atoms with Crippen LogP contribution >= 0.6 is 0 Å². The fourth-order valence-electron chi connectivity index (χ4n) is 2.45. The lowest BCUT2D eigenvalue weighted by molar-refractivity contribution is -0.121. The van der Waals surface area contributed by atoms with Crippen molar-refractivity contribution in [2.75, 3.05) is 20.6 Å². The third kappa shape index (κ3) is 2.97. The van der Waals surface area contributed by atoms with Crippen LogP contribution in [0.3, 0.4) is 0 Å². The molecule has 0 aromatic heterocycles. The highest BCUT2D eigenvalue weighted by Crippen LogP contribution is 2.21. The van der Waals surface area contributed by atoms with Gasteiger partial charge in [0.25, 0.3) is 5.91 Å². The summed E-state index contributed by atoms with van der Waals surface area (Å²) in [6, 6.07) is 5.10. The summed E-state index contributed by atoms with van der Waals surface area (Å²) in [4.78, 5) is 25.3. The van der Waals surface area contributed by atoms with Crippen LogP contribution in [0.25, 0.3) is 0 Å². The van der Waals surface area contributed by atoms with Gasteiger partial charge in [0.05, 0.1) is 4.90 Å². The van der Waals surface area contributed by atoms with Gasteiger partial charge in [-0.1, -0.05) is 0 Å². The highest BCUT2D eigenvalue weighted by Gasteiger charge is 2.33. The summed E-state index contributed by atoms with van der Waals surface area (Å²) in [5, 5.41) is 0. The van der Waals surface area contributed by atoms with Gasteiger partial charge in [0, 0.05) is 26.2 Å². The van der Waals surface area contributed by atoms with Crippen molar-refractivity contribution in [2.24, 2.45) is 5.73 Å². The van der Waals surface area contributed by atoms with Crippen molar-refractivity contribution in [3.05, 3.63) is 29.8 Å². The minimum absolute atomic E-state index is 0.113. The van der Waals surface area contributed by atoms with Gasteiger partial charge in [-0.2, -0.15) is 0 Å². The lowest BCUT2D eigenvalue weighted by Gasteiger charge is -2.22. The summed E-state index contributed by atoms with van der Waals surface area (Å²) < 4.78 is 25.1. The molecule has 8 heteroatoms. The largest absolute Gasteiger partial charge is 0.368 e. The van der Waals surface area contributed by atoms with Crippen LogP contribution in [0, 0.1) is 0 Å². The van der Waals surface area contributed by atoms with Crippen molar-refractivity contribution in [1.29, 1.82) is 0 Å². The molecule has 1 heterocycles. The van der Waals surface area contributed by atoms with E-state index < -0.39 is 22.0 Å². The Labute approximate surface area is 129 Å². The average Bonchev–Trinajstić information content (AvgIpc) is 2.96. The second-order valence-electron chi connectivity index (χ2n) is 5.37. The molecule has 2 N–H and O–H groups in total. The lowest BCUT2D eigenvalue weighted by atomic mass is 10.1. The Kier molecular flexibility index (Phi) is 4.52. The molecule has 7 nitrogen and oxygen atoms in total. The molecule has 22 heavy (non-hydrogen) atoms. The molecule has 0 saturated carbocycles. The van der Waals surface area contributed by atoms with E-state index in [1.807, 2.05) is 0 Å². The molecule has 2 rings (SSSR count). The minimum Gasteiger partial charge on any atom is -0.368 e. The first kappa shape index (κ1) is 16.4. The summed E-state index contributed by atoms with van der Waals surface area (Å²) in [5.41, 5.74) is 5.64. The van der Waals surface area contributed by atoms with Gasteiger partial charge in [0.2, 0.25) is 15.9 Å². The molecule has 1 atom stereocenters. The summed E-state index contributed by atoms with van der Waals surface area (Å²) in [5.74, 6) is -0.826. The van der Waals surface area contributed by atoms with Crippen molar-refractivity contribution in [3.63, 3.8) is 0 Å². The van der Waals surface area contributed by atoms with Gasteiger partial charge >= 0.3 is 0 Å². The van der Waals surface area contributed by atoms with Crippen LogP contribution in [0.15, 0.2) is 29.2 Å². The van der Waals surface area contributed by atoms with Gasteiger partial charge < -0.3 is 10.6 Å². The SMILES string of the molecule is CN(C)S(=O)(=O)c1ccc(C(=O)N2CCC[C@H]2C(N)=O)cc1. The first-order valence-corrected chi connectivity index (χ1v) is 8.32. The number of hydrogen-bond donors (Lipinski definition) is 1. The van der Waals surface area contributed by atoms with Crippen molar-refractivity contribution in [3.8, 4) is 0 Å². The van der Waals surface area contributed by atoms with Crippen LogP contribution in [0.2, 0.25) is 0 Å². The third-order valence-corrected chi connectivity index (χ3v) is 5.55. The van der Waals surface area contributed by atoms with Gasteiger partial charge in [-0.05, 0) is 37.1 Å². The number of primary amides is 1. The summed E-state index contributed by atoms with van der Waals surface area (Å²) in [7, 11) is -0.647. The van der Waals surface area contributed by atoms with Crippen molar-refractivity contribution in [2.45, 2.75) is 23.8 Å². The monoisotopic (exact) mass is 325 g/mol. The van der Waals surface area contributed by atoms with Crippen LogP contribution in [-0.2, 0) is 14.8 Å². The van der Waals surface area contributed by atoms with E-state index >= 15 is 0 Å². The van der Waals surface area contributed by atoms with E-state index in [-0.39, 0.29) is 10.8 Å². The Balaban J connectivity index is 2.24. The van der Waals surface area contributed by atoms with Crippen LogP contribution in [0.1, 0.15) is 23.2 Å². The van der Waals surface area contributed by atoms with Gasteiger partial charge in [0.1, 0.15) is 6.04 Å². The van der Waals surface area contributed by atoms with Crippen LogP contribution in [-0.4, -0.2) is 56.1 Å². The van der Waals surface area contributed by atoms with Gasteiger partial charge in [0.15, 0.2) is 0 Å². The standard InChI is InChI=1S/C14H19N3O4S/c1-16(2)22(20,21)11-7-5-10(6-8-11)14(19)17-9-3-4-12(17)13(15)18/h5-8,12H,3-4,9H2,1-2H3,(H2,15,18)/t12-/m0/s1. The molecule has 0 spiro atoms. The number of sulfonamides is 1. The fourth-order valence-corrected chi connectivity index (χ4v) is 3.35. The van der Waals surface area contributed by atoms with Crippen LogP contribution in [0.4, 0.5) is 0 Å². The summed E-state index contributed by atoms with van der Waals surface area (Å²) >= 11 is 0. The molecule has 1 aliphatic heterocycles. The van der Waals surface area contributed by atoms with Crippen LogP contribution < -0.4 is 5.73 Å². The maximum Gasteiger partial charge on any atom is 0.254 e. The predicted molar refractivity (Wildman–Crippen MR) is 80.6 cm³/mol. The zero-order chi connectivity index (χ0) is 16.5. The molecule has 0 unspecified atom stereocenters. The molecule has 1 aromatic carbocycles. The third-order valence-electron chi connectivity index (χ3n) is 3.72. The molecule has 1 aliphatic rings. The van der Waals surface area contributed by atoms with Gasteiger partial charge in [-0.15, -0.1) is 0 Å². The second-order valence-corrected chi connectivity index (χ2v) is 7.52. The van der Waals surface area contributed by atoms with E-state index in [1.165, 1.54) is 43.3 Å². The highest BCUT2D eigenvalue weighted by atomic mass is 32.2. The Bertz CT molecular complexity index is 683. The average molecular weight is 325 g/mol. The molecule has 120 valence electrons. The molecule has 1 aromatic rings. The molecule has 1 fully saturated rings. The summed E-state index contributed by atoms with van der Waals surface area (Å²) in [6.07, 6.45) is 1.29. The van der Waals surface area contributed by atoms with E-state index in [2.05, 4.69) is 0 Å². The van der Waals surface area contributed by atoms with E-state index in [9.17, 15) is 18.0 Å². The van der Waals surface area contributed by atoms with Gasteiger partial charge in [-0.3, -0.25) is 9.59 Å². The maximum atomic E-state index is 12.4. The molecule has 0 bridgehead atoms. The lowest BCUT2D eigenvalue weighted by Crippen LogP contribution is -2.43. The smallest absolute Gasteiger partial charge is 0.254 e. The Morgan fingerprint density at radius 1 is 1.23 bits per heavy atom. The van der Waals surface area contributed by atoms with Gasteiger partial charge in [-0.25, -0.2) is 12.7 Å². The van der Waals surface area contributed by atoms with Crippen molar-refractivity contribution >= 4 is 21.8 Å². The fraction of sp³-hybridized carbons (Fsp3) is 0.429. The first-order valence-electron chi connectivity index (χ1n) is 6.88. The molecule has 1 saturated heterocycles. The molecular weight excluding hydrogens is 306 g/mol. The minimum atomic E-state index is -3.53.